The number of benzene rings is 2. The average molecular weight is 328 g/mol. The van der Waals surface area contributed by atoms with Crippen LogP contribution in [0.25, 0.3) is 0 Å². The Bertz CT molecular complexity index is 696. The minimum absolute atomic E-state index is 0.0337. The molecule has 0 fully saturated rings. The molecule has 0 saturated carbocycles. The van der Waals surface area contributed by atoms with Crippen molar-refractivity contribution in [3.8, 4) is 5.75 Å². The van der Waals surface area contributed by atoms with Gasteiger partial charge in [0.05, 0.1) is 13.2 Å². The quantitative estimate of drug-likeness (QED) is 0.712. The minimum Gasteiger partial charge on any atom is -0.497 e. The summed E-state index contributed by atoms with van der Waals surface area (Å²) in [6, 6.07) is 13.1. The van der Waals surface area contributed by atoms with E-state index in [1.165, 1.54) is 6.92 Å². The van der Waals surface area contributed by atoms with Crippen LogP contribution in [0.1, 0.15) is 28.9 Å². The van der Waals surface area contributed by atoms with E-state index in [0.717, 1.165) is 0 Å². The number of Topliss-reactive ketones (excluding diaryl/α,β-unsaturated/α-hetero) is 1. The molecule has 2 aromatic carbocycles. The molecule has 6 nitrogen and oxygen atoms in total. The second kappa shape index (κ2) is 8.12. The summed E-state index contributed by atoms with van der Waals surface area (Å²) in [5.74, 6) is 0.666. The van der Waals surface area contributed by atoms with Crippen LogP contribution < -0.4 is 15.4 Å². The number of nitrogens with one attached hydrogen (secondary N) is 2. The number of hydrogen-bond acceptors (Lipinski definition) is 4. The van der Waals surface area contributed by atoms with Crippen molar-refractivity contribution in [2.45, 2.75) is 13.0 Å². The number of methoxy groups -OCH3 is 1. The third kappa shape index (κ3) is 4.82. The first-order chi connectivity index (χ1) is 11.5. The van der Waals surface area contributed by atoms with Crippen molar-refractivity contribution in [1.29, 1.82) is 0 Å². The van der Waals surface area contributed by atoms with Crippen molar-refractivity contribution in [2.24, 2.45) is 0 Å². The van der Waals surface area contributed by atoms with Gasteiger partial charge in [0, 0.05) is 17.8 Å². The highest BCUT2D eigenvalue weighted by molar-refractivity contribution is 5.95. The molecular formula is C18H20N2O4. The van der Waals surface area contributed by atoms with Crippen molar-refractivity contribution >= 4 is 17.5 Å². The lowest BCUT2D eigenvalue weighted by molar-refractivity contribution is 0.101. The smallest absolute Gasteiger partial charge is 0.319 e. The number of carbonyl (C=O) groups is 2. The van der Waals surface area contributed by atoms with Gasteiger partial charge >= 0.3 is 6.03 Å². The van der Waals surface area contributed by atoms with Crippen molar-refractivity contribution in [1.82, 2.24) is 5.32 Å². The van der Waals surface area contributed by atoms with Gasteiger partial charge in [0.2, 0.25) is 0 Å². The Labute approximate surface area is 140 Å². The van der Waals surface area contributed by atoms with Crippen LogP contribution in [-0.4, -0.2) is 30.6 Å². The van der Waals surface area contributed by atoms with E-state index >= 15 is 0 Å². The van der Waals surface area contributed by atoms with Gasteiger partial charge in [-0.05, 0) is 48.9 Å². The molecule has 3 N–H and O–H groups in total. The molecule has 0 heterocycles. The van der Waals surface area contributed by atoms with E-state index in [1.807, 2.05) is 0 Å². The maximum Gasteiger partial charge on any atom is 0.319 e. The van der Waals surface area contributed by atoms with Crippen LogP contribution in [-0.2, 0) is 0 Å². The fraction of sp³-hybridized carbons (Fsp3) is 0.222. The summed E-state index contributed by atoms with van der Waals surface area (Å²) in [4.78, 5) is 23.0. The largest absolute Gasteiger partial charge is 0.497 e. The molecule has 0 spiro atoms. The molecule has 24 heavy (non-hydrogen) atoms. The van der Waals surface area contributed by atoms with Gasteiger partial charge in [-0.3, -0.25) is 4.79 Å². The Kier molecular flexibility index (Phi) is 5.92. The van der Waals surface area contributed by atoms with Crippen LogP contribution in [0.5, 0.6) is 5.75 Å². The van der Waals surface area contributed by atoms with Gasteiger partial charge in [-0.2, -0.15) is 0 Å². The number of ketones is 1. The molecule has 0 saturated heterocycles. The predicted octanol–water partition coefficient (Wildman–Crippen LogP) is 2.75. The third-order valence-electron chi connectivity index (χ3n) is 3.51. The van der Waals surface area contributed by atoms with Crippen LogP contribution >= 0.6 is 0 Å². The van der Waals surface area contributed by atoms with Gasteiger partial charge in [-0.25, -0.2) is 4.79 Å². The van der Waals surface area contributed by atoms with Crippen LogP contribution in [0, 0.1) is 0 Å². The average Bonchev–Trinajstić information content (AvgIpc) is 2.60. The monoisotopic (exact) mass is 328 g/mol. The normalized spacial score (nSPS) is 11.5. The zero-order chi connectivity index (χ0) is 17.5. The van der Waals surface area contributed by atoms with E-state index in [4.69, 9.17) is 4.74 Å². The standard InChI is InChI=1S/C18H20N2O4/c1-12(21)13-3-7-15(8-4-13)20-18(23)19-11-17(22)14-5-9-16(24-2)10-6-14/h3-10,17,22H,11H2,1-2H3,(H2,19,20,23)/t17-/m0/s1. The van der Waals surface area contributed by atoms with Crippen LogP contribution in [0.3, 0.4) is 0 Å². The van der Waals surface area contributed by atoms with E-state index in [1.54, 1.807) is 55.6 Å². The molecule has 126 valence electrons. The fourth-order valence-corrected chi connectivity index (χ4v) is 2.10. The molecule has 1 atom stereocenters. The van der Waals surface area contributed by atoms with Crippen LogP contribution in [0.2, 0.25) is 0 Å². The Morgan fingerprint density at radius 3 is 2.25 bits per heavy atom. The predicted molar refractivity (Wildman–Crippen MR) is 91.4 cm³/mol. The first kappa shape index (κ1) is 17.5. The molecule has 0 aliphatic heterocycles. The number of rotatable bonds is 6. The Balaban J connectivity index is 1.84. The summed E-state index contributed by atoms with van der Waals surface area (Å²) in [7, 11) is 1.57. The van der Waals surface area contributed by atoms with Crippen molar-refractivity contribution in [3.63, 3.8) is 0 Å². The highest BCUT2D eigenvalue weighted by Gasteiger charge is 2.10. The summed E-state index contributed by atoms with van der Waals surface area (Å²) in [6.45, 7) is 1.55. The van der Waals surface area contributed by atoms with E-state index in [2.05, 4.69) is 10.6 Å². The maximum absolute atomic E-state index is 11.8. The van der Waals surface area contributed by atoms with Gasteiger partial charge in [0.25, 0.3) is 0 Å². The number of hydrogen-bond donors (Lipinski definition) is 3. The molecule has 0 radical (unpaired) electrons. The Hall–Kier alpha value is -2.86. The minimum atomic E-state index is -0.818. The van der Waals surface area contributed by atoms with E-state index in [0.29, 0.717) is 22.6 Å². The number of anilines is 1. The zero-order valence-electron chi connectivity index (χ0n) is 13.6. The molecule has 0 aliphatic carbocycles. The molecular weight excluding hydrogens is 308 g/mol. The number of aliphatic hydroxyl groups excluding tert-OH is 1. The number of aliphatic hydroxyl groups is 1. The Morgan fingerprint density at radius 2 is 1.71 bits per heavy atom. The van der Waals surface area contributed by atoms with Gasteiger partial charge < -0.3 is 20.5 Å². The number of ether oxygens (including phenoxy) is 1. The summed E-state index contributed by atoms with van der Waals surface area (Å²) in [6.07, 6.45) is -0.818. The first-order valence-corrected chi connectivity index (χ1v) is 7.47. The van der Waals surface area contributed by atoms with Crippen LogP contribution in [0.15, 0.2) is 48.5 Å². The zero-order valence-corrected chi connectivity index (χ0v) is 13.6. The lowest BCUT2D eigenvalue weighted by Crippen LogP contribution is -2.32. The van der Waals surface area contributed by atoms with E-state index in [-0.39, 0.29) is 12.3 Å². The van der Waals surface area contributed by atoms with Crippen molar-refractivity contribution in [2.75, 3.05) is 19.0 Å². The number of urea groups is 1. The molecule has 0 aliphatic rings. The highest BCUT2D eigenvalue weighted by atomic mass is 16.5. The van der Waals surface area contributed by atoms with E-state index < -0.39 is 12.1 Å². The van der Waals surface area contributed by atoms with Crippen molar-refractivity contribution in [3.05, 3.63) is 59.7 Å². The summed E-state index contributed by atoms with van der Waals surface area (Å²) >= 11 is 0. The first-order valence-electron chi connectivity index (χ1n) is 7.47. The third-order valence-corrected chi connectivity index (χ3v) is 3.51. The molecule has 6 heteroatoms. The molecule has 0 aromatic heterocycles. The summed E-state index contributed by atoms with van der Waals surface area (Å²) < 4.78 is 5.05. The van der Waals surface area contributed by atoms with Gasteiger partial charge in [0.1, 0.15) is 5.75 Å². The summed E-state index contributed by atoms with van der Waals surface area (Å²) in [5, 5.41) is 15.3. The van der Waals surface area contributed by atoms with E-state index in [9.17, 15) is 14.7 Å². The SMILES string of the molecule is COc1ccc([C@@H](O)CNC(=O)Nc2ccc(C(C)=O)cc2)cc1. The molecule has 0 bridgehead atoms. The number of amides is 2. The molecule has 2 amide bonds. The van der Waals surface area contributed by atoms with Crippen LogP contribution in [0.4, 0.5) is 10.5 Å². The topological polar surface area (TPSA) is 87.7 Å². The maximum atomic E-state index is 11.8. The van der Waals surface area contributed by atoms with Crippen molar-refractivity contribution < 1.29 is 19.4 Å². The molecule has 2 aromatic rings. The molecule has 2 rings (SSSR count). The summed E-state index contributed by atoms with van der Waals surface area (Å²) in [5.41, 5.74) is 1.83. The fourth-order valence-electron chi connectivity index (χ4n) is 2.10. The van der Waals surface area contributed by atoms with Gasteiger partial charge in [-0.15, -0.1) is 0 Å². The number of carbonyl (C=O) groups excluding carboxylic acids is 2. The lowest BCUT2D eigenvalue weighted by atomic mass is 10.1. The van der Waals surface area contributed by atoms with Gasteiger partial charge in [0.15, 0.2) is 5.78 Å². The second-order valence-corrected chi connectivity index (χ2v) is 5.26. The Morgan fingerprint density at radius 1 is 1.08 bits per heavy atom. The second-order valence-electron chi connectivity index (χ2n) is 5.26. The highest BCUT2D eigenvalue weighted by Crippen LogP contribution is 2.17. The van der Waals surface area contributed by atoms with Gasteiger partial charge in [-0.1, -0.05) is 12.1 Å². The lowest BCUT2D eigenvalue weighted by Gasteiger charge is -2.13. The molecule has 0 unspecified atom stereocenters.